The summed E-state index contributed by atoms with van der Waals surface area (Å²) in [6.45, 7) is 6.18. The molecule has 0 atom stereocenters. The maximum Gasteiger partial charge on any atom is 0.519 e. The second-order valence-corrected chi connectivity index (χ2v) is 4.02. The topological polar surface area (TPSA) is 43.4 Å². The Labute approximate surface area is 107 Å². The van der Waals surface area contributed by atoms with Crippen LogP contribution in [0, 0.1) is 0 Å². The lowest BCUT2D eigenvalue weighted by Crippen LogP contribution is -1.90. The molecule has 3 nitrogen and oxygen atoms in total. The molecule has 1 aromatic carbocycles. The third-order valence-corrected chi connectivity index (χ3v) is 2.25. The van der Waals surface area contributed by atoms with Gasteiger partial charge in [-0.15, -0.1) is 0 Å². The van der Waals surface area contributed by atoms with Gasteiger partial charge >= 0.3 is 5.82 Å². The Hall–Kier alpha value is -1.77. The second-order valence-electron chi connectivity index (χ2n) is 4.02. The normalized spacial score (nSPS) is 9.72. The van der Waals surface area contributed by atoms with Crippen molar-refractivity contribution in [2.45, 2.75) is 40.0 Å². The van der Waals surface area contributed by atoms with Crippen LogP contribution in [0.25, 0.3) is 0 Å². The smallest absolute Gasteiger partial charge is 0.396 e. The zero-order valence-corrected chi connectivity index (χ0v) is 11.2. The van der Waals surface area contributed by atoms with E-state index < -0.39 is 5.82 Å². The summed E-state index contributed by atoms with van der Waals surface area (Å²) in [6, 6.07) is 9.85. The highest BCUT2D eigenvalue weighted by atomic mass is 16.6. The Balaban J connectivity index is 0.000000492. The summed E-state index contributed by atoms with van der Waals surface area (Å²) >= 11 is 0. The van der Waals surface area contributed by atoms with Crippen LogP contribution in [0.3, 0.4) is 0 Å². The Morgan fingerprint density at radius 1 is 0.944 bits per heavy atom. The summed E-state index contributed by atoms with van der Waals surface area (Å²) in [4.78, 5) is 10.9. The Bertz CT molecular complexity index is 494. The zero-order valence-electron chi connectivity index (χ0n) is 11.2. The van der Waals surface area contributed by atoms with E-state index in [2.05, 4.69) is 13.8 Å². The molecule has 2 aromatic rings. The first-order valence-corrected chi connectivity index (χ1v) is 6.36. The van der Waals surface area contributed by atoms with Crippen LogP contribution in [0.2, 0.25) is 0 Å². The van der Waals surface area contributed by atoms with E-state index in [0.29, 0.717) is 24.4 Å². The van der Waals surface area contributed by atoms with Crippen LogP contribution >= 0.6 is 0 Å². The summed E-state index contributed by atoms with van der Waals surface area (Å²) in [5.41, 5.74) is 1.11. The first-order chi connectivity index (χ1) is 8.71. The molecule has 3 heteroatoms. The molecule has 0 fully saturated rings. The van der Waals surface area contributed by atoms with Crippen molar-refractivity contribution < 1.29 is 8.83 Å². The van der Waals surface area contributed by atoms with Crippen LogP contribution in [0.5, 0.6) is 0 Å². The van der Waals surface area contributed by atoms with Gasteiger partial charge in [0.05, 0.1) is 0 Å². The molecule has 0 unspecified atom stereocenters. The molecule has 0 aliphatic carbocycles. The molecule has 98 valence electrons. The van der Waals surface area contributed by atoms with Crippen molar-refractivity contribution in [3.63, 3.8) is 0 Å². The fourth-order valence-electron chi connectivity index (χ4n) is 1.52. The van der Waals surface area contributed by atoms with Crippen molar-refractivity contribution in [3.05, 3.63) is 58.0 Å². The molecule has 0 amide bonds. The van der Waals surface area contributed by atoms with Gasteiger partial charge in [-0.3, -0.25) is 0 Å². The van der Waals surface area contributed by atoms with Crippen LogP contribution in [-0.4, -0.2) is 0 Å². The maximum atomic E-state index is 10.9. The van der Waals surface area contributed by atoms with Gasteiger partial charge in [0.1, 0.15) is 5.76 Å². The number of benzene rings is 1. The summed E-state index contributed by atoms with van der Waals surface area (Å²) in [5.74, 6) is 0.662. The minimum atomic E-state index is -0.613. The molecule has 1 heterocycles. The molecule has 0 aliphatic rings. The lowest BCUT2D eigenvalue weighted by atomic mass is 10.1. The van der Waals surface area contributed by atoms with E-state index in [0.717, 1.165) is 5.56 Å². The van der Waals surface area contributed by atoms with E-state index in [1.54, 1.807) is 0 Å². The van der Waals surface area contributed by atoms with E-state index in [-0.39, 0.29) is 0 Å². The van der Waals surface area contributed by atoms with Gasteiger partial charge < -0.3 is 8.83 Å². The van der Waals surface area contributed by atoms with Gasteiger partial charge in [0.25, 0.3) is 0 Å². The molecule has 0 saturated carbocycles. The highest BCUT2D eigenvalue weighted by molar-refractivity contribution is 5.21. The Morgan fingerprint density at radius 2 is 1.50 bits per heavy atom. The van der Waals surface area contributed by atoms with E-state index in [4.69, 9.17) is 8.83 Å². The van der Waals surface area contributed by atoms with E-state index in [9.17, 15) is 4.79 Å². The van der Waals surface area contributed by atoms with Gasteiger partial charge in [-0.1, -0.05) is 57.5 Å². The SMILES string of the molecule is CCC.CCc1oc(=O)oc1Cc1ccccc1. The summed E-state index contributed by atoms with van der Waals surface area (Å²) in [6.07, 6.45) is 2.53. The van der Waals surface area contributed by atoms with E-state index in [1.165, 1.54) is 6.42 Å². The van der Waals surface area contributed by atoms with Crippen molar-refractivity contribution in [1.29, 1.82) is 0 Å². The van der Waals surface area contributed by atoms with Gasteiger partial charge in [-0.05, 0) is 5.56 Å². The standard InChI is InChI=1S/C12H12O3.C3H8/c1-2-10-11(15-12(13)14-10)8-9-6-4-3-5-7-9;1-3-2/h3-7H,2,8H2,1H3;3H2,1-2H3. The Morgan fingerprint density at radius 3 is 2.06 bits per heavy atom. The average molecular weight is 248 g/mol. The monoisotopic (exact) mass is 248 g/mol. The zero-order chi connectivity index (χ0) is 13.4. The maximum absolute atomic E-state index is 10.9. The molecule has 0 spiro atoms. The van der Waals surface area contributed by atoms with Crippen molar-refractivity contribution in [3.8, 4) is 0 Å². The lowest BCUT2D eigenvalue weighted by Gasteiger charge is -1.97. The van der Waals surface area contributed by atoms with Gasteiger partial charge in [-0.2, -0.15) is 0 Å². The predicted octanol–water partition coefficient (Wildman–Crippen LogP) is 3.80. The van der Waals surface area contributed by atoms with Crippen LogP contribution in [0.15, 0.2) is 44.0 Å². The highest BCUT2D eigenvalue weighted by Gasteiger charge is 2.10. The number of hydrogen-bond acceptors (Lipinski definition) is 3. The number of hydrogen-bond donors (Lipinski definition) is 0. The fourth-order valence-corrected chi connectivity index (χ4v) is 1.52. The molecule has 0 saturated heterocycles. The van der Waals surface area contributed by atoms with Crippen LogP contribution in [0.1, 0.15) is 44.3 Å². The number of rotatable bonds is 3. The third-order valence-electron chi connectivity index (χ3n) is 2.25. The molecular formula is C15H20O3. The fraction of sp³-hybridized carbons (Fsp3) is 0.400. The van der Waals surface area contributed by atoms with Gasteiger partial charge in [-0.25, -0.2) is 4.79 Å². The summed E-state index contributed by atoms with van der Waals surface area (Å²) in [5, 5.41) is 0. The van der Waals surface area contributed by atoms with E-state index >= 15 is 0 Å². The average Bonchev–Trinajstić information content (AvgIpc) is 2.72. The summed E-state index contributed by atoms with van der Waals surface area (Å²) < 4.78 is 9.90. The lowest BCUT2D eigenvalue weighted by molar-refractivity contribution is 0.368. The molecule has 18 heavy (non-hydrogen) atoms. The number of aryl methyl sites for hydroxylation is 1. The largest absolute Gasteiger partial charge is 0.519 e. The Kier molecular flexibility index (Phi) is 5.98. The van der Waals surface area contributed by atoms with Gasteiger partial charge in [0.2, 0.25) is 0 Å². The molecular weight excluding hydrogens is 228 g/mol. The molecule has 0 N–H and O–H groups in total. The predicted molar refractivity (Wildman–Crippen MR) is 71.8 cm³/mol. The minimum Gasteiger partial charge on any atom is -0.396 e. The van der Waals surface area contributed by atoms with Crippen LogP contribution < -0.4 is 5.82 Å². The van der Waals surface area contributed by atoms with Crippen molar-refractivity contribution in [2.24, 2.45) is 0 Å². The second kappa shape index (κ2) is 7.54. The van der Waals surface area contributed by atoms with Crippen LogP contribution in [-0.2, 0) is 12.8 Å². The highest BCUT2D eigenvalue weighted by Crippen LogP contribution is 2.13. The molecule has 0 radical (unpaired) electrons. The molecule has 0 aliphatic heterocycles. The molecule has 1 aromatic heterocycles. The first kappa shape index (κ1) is 14.3. The van der Waals surface area contributed by atoms with Crippen molar-refractivity contribution >= 4 is 0 Å². The van der Waals surface area contributed by atoms with Gasteiger partial charge in [0, 0.05) is 12.8 Å². The quantitative estimate of drug-likeness (QED) is 0.829. The molecule has 0 bridgehead atoms. The summed E-state index contributed by atoms with van der Waals surface area (Å²) in [7, 11) is 0. The van der Waals surface area contributed by atoms with Gasteiger partial charge in [0.15, 0.2) is 5.76 Å². The molecule has 2 rings (SSSR count). The van der Waals surface area contributed by atoms with Crippen molar-refractivity contribution in [2.75, 3.05) is 0 Å². The van der Waals surface area contributed by atoms with Crippen molar-refractivity contribution in [1.82, 2.24) is 0 Å². The van der Waals surface area contributed by atoms with Crippen LogP contribution in [0.4, 0.5) is 0 Å². The third kappa shape index (κ3) is 4.24. The first-order valence-electron chi connectivity index (χ1n) is 6.36. The minimum absolute atomic E-state index is 0.607. The van der Waals surface area contributed by atoms with E-state index in [1.807, 2.05) is 37.3 Å².